The van der Waals surface area contributed by atoms with Crippen molar-refractivity contribution in [2.75, 3.05) is 13.1 Å². The summed E-state index contributed by atoms with van der Waals surface area (Å²) in [7, 11) is 0. The van der Waals surface area contributed by atoms with E-state index in [4.69, 9.17) is 4.74 Å². The quantitative estimate of drug-likeness (QED) is 0.636. The minimum atomic E-state index is -4.57. The lowest BCUT2D eigenvalue weighted by Gasteiger charge is -2.39. The second-order valence-electron chi connectivity index (χ2n) is 6.90. The maximum atomic E-state index is 13.0. The molecule has 1 amide bonds. The highest BCUT2D eigenvalue weighted by Gasteiger charge is 2.38. The Morgan fingerprint density at radius 3 is 2.67 bits per heavy atom. The molecule has 2 aromatic heterocycles. The zero-order valence-electron chi connectivity index (χ0n) is 15.7. The van der Waals surface area contributed by atoms with Crippen LogP contribution in [0.5, 0.6) is 5.88 Å². The average Bonchev–Trinajstić information content (AvgIpc) is 2.69. The molecule has 1 aliphatic heterocycles. The molecule has 0 aliphatic carbocycles. The molecule has 0 unspecified atom stereocenters. The van der Waals surface area contributed by atoms with Crippen molar-refractivity contribution in [2.45, 2.75) is 25.2 Å². The molecule has 1 saturated heterocycles. The van der Waals surface area contributed by atoms with Gasteiger partial charge in [0.05, 0.1) is 30.3 Å². The number of nitrogens with zero attached hydrogens (tertiary/aromatic N) is 4. The van der Waals surface area contributed by atoms with Gasteiger partial charge in [-0.05, 0) is 24.3 Å². The van der Waals surface area contributed by atoms with Gasteiger partial charge in [-0.2, -0.15) is 13.2 Å². The number of likely N-dealkylation sites (tertiary alicyclic amines) is 1. The normalized spacial score (nSPS) is 14.6. The molecule has 0 radical (unpaired) electrons. The molecule has 4 rings (SSSR count). The summed E-state index contributed by atoms with van der Waals surface area (Å²) < 4.78 is 45.7. The summed E-state index contributed by atoms with van der Waals surface area (Å²) in [5, 5.41) is 0.473. The number of para-hydroxylation sites is 1. The Bertz CT molecular complexity index is 1140. The fourth-order valence-corrected chi connectivity index (χ4v) is 3.21. The Kier molecular flexibility index (Phi) is 5.15. The number of hydrogen-bond acceptors (Lipinski definition) is 5. The van der Waals surface area contributed by atoms with Crippen LogP contribution in [0.2, 0.25) is 0 Å². The zero-order chi connectivity index (χ0) is 21.3. The van der Waals surface area contributed by atoms with Crippen molar-refractivity contribution in [1.29, 1.82) is 0 Å². The zero-order valence-corrected chi connectivity index (χ0v) is 15.7. The van der Waals surface area contributed by atoms with Gasteiger partial charge in [0.1, 0.15) is 11.7 Å². The first-order valence-electron chi connectivity index (χ1n) is 9.24. The Labute approximate surface area is 168 Å². The molecule has 0 saturated carbocycles. The third-order valence-electron chi connectivity index (χ3n) is 4.85. The van der Waals surface area contributed by atoms with Gasteiger partial charge in [-0.15, -0.1) is 0 Å². The number of carbonyl (C=O) groups is 1. The first kappa shape index (κ1) is 19.9. The summed E-state index contributed by atoms with van der Waals surface area (Å²) >= 11 is 0. The first-order chi connectivity index (χ1) is 14.3. The van der Waals surface area contributed by atoms with Crippen LogP contribution < -0.4 is 10.3 Å². The van der Waals surface area contributed by atoms with E-state index in [1.807, 2.05) is 0 Å². The summed E-state index contributed by atoms with van der Waals surface area (Å²) in [6.45, 7) is 0.491. The van der Waals surface area contributed by atoms with Crippen molar-refractivity contribution in [3.05, 3.63) is 64.8 Å². The number of amides is 1. The number of halogens is 3. The standard InChI is InChI=1S/C20H17F3N4O3/c21-20(22,23)15-5-3-8-24-18(15)30-13-10-27(11-13)17(28)7-9-26-12-25-16-6-2-1-4-14(16)19(26)29/h1-6,8,12-13H,7,9-11H2. The number of ether oxygens (including phenoxy) is 1. The predicted octanol–water partition coefficient (Wildman–Crippen LogP) is 2.49. The molecule has 0 bridgehead atoms. The fourth-order valence-electron chi connectivity index (χ4n) is 3.21. The molecule has 0 atom stereocenters. The topological polar surface area (TPSA) is 77.3 Å². The molecule has 3 aromatic rings. The molecule has 156 valence electrons. The van der Waals surface area contributed by atoms with Crippen LogP contribution in [0.1, 0.15) is 12.0 Å². The van der Waals surface area contributed by atoms with Crippen LogP contribution in [0.4, 0.5) is 13.2 Å². The van der Waals surface area contributed by atoms with Crippen molar-refractivity contribution in [2.24, 2.45) is 0 Å². The lowest BCUT2D eigenvalue weighted by molar-refractivity contribution is -0.145. The van der Waals surface area contributed by atoms with E-state index in [1.54, 1.807) is 24.3 Å². The van der Waals surface area contributed by atoms with Crippen LogP contribution >= 0.6 is 0 Å². The Balaban J connectivity index is 1.33. The van der Waals surface area contributed by atoms with Crippen molar-refractivity contribution >= 4 is 16.8 Å². The summed E-state index contributed by atoms with van der Waals surface area (Å²) in [5.41, 5.74) is -0.591. The monoisotopic (exact) mass is 418 g/mol. The molecular formula is C20H17F3N4O3. The van der Waals surface area contributed by atoms with E-state index in [9.17, 15) is 22.8 Å². The van der Waals surface area contributed by atoms with Crippen LogP contribution in [0.25, 0.3) is 10.9 Å². The lowest BCUT2D eigenvalue weighted by atomic mass is 10.1. The number of aromatic nitrogens is 3. The van der Waals surface area contributed by atoms with Gasteiger partial charge in [-0.1, -0.05) is 12.1 Å². The van der Waals surface area contributed by atoms with Gasteiger partial charge in [0, 0.05) is 19.2 Å². The van der Waals surface area contributed by atoms with E-state index in [2.05, 4.69) is 9.97 Å². The molecule has 1 fully saturated rings. The van der Waals surface area contributed by atoms with Crippen molar-refractivity contribution in [3.8, 4) is 5.88 Å². The number of aryl methyl sites for hydroxylation is 1. The highest BCUT2D eigenvalue weighted by Crippen LogP contribution is 2.35. The lowest BCUT2D eigenvalue weighted by Crippen LogP contribution is -2.56. The first-order valence-corrected chi connectivity index (χ1v) is 9.24. The van der Waals surface area contributed by atoms with Gasteiger partial charge in [-0.25, -0.2) is 9.97 Å². The fraction of sp³-hybridized carbons (Fsp3) is 0.300. The molecule has 1 aromatic carbocycles. The highest BCUT2D eigenvalue weighted by molar-refractivity contribution is 5.78. The second kappa shape index (κ2) is 7.77. The van der Waals surface area contributed by atoms with E-state index >= 15 is 0 Å². The van der Waals surface area contributed by atoms with Gasteiger partial charge in [0.25, 0.3) is 5.56 Å². The van der Waals surface area contributed by atoms with E-state index < -0.39 is 23.7 Å². The summed E-state index contributed by atoms with van der Waals surface area (Å²) in [5.74, 6) is -0.706. The summed E-state index contributed by atoms with van der Waals surface area (Å²) in [4.78, 5) is 34.1. The van der Waals surface area contributed by atoms with Crippen LogP contribution in [-0.4, -0.2) is 44.5 Å². The van der Waals surface area contributed by atoms with Crippen LogP contribution in [-0.2, 0) is 17.5 Å². The molecule has 7 nitrogen and oxygen atoms in total. The number of rotatable bonds is 5. The highest BCUT2D eigenvalue weighted by atomic mass is 19.4. The molecule has 0 N–H and O–H groups in total. The average molecular weight is 418 g/mol. The molecule has 10 heteroatoms. The third kappa shape index (κ3) is 3.98. The number of carbonyl (C=O) groups excluding carboxylic acids is 1. The molecule has 0 spiro atoms. The van der Waals surface area contributed by atoms with Gasteiger partial charge in [-0.3, -0.25) is 14.2 Å². The van der Waals surface area contributed by atoms with E-state index in [1.165, 1.54) is 28.1 Å². The van der Waals surface area contributed by atoms with Crippen molar-refractivity contribution in [3.63, 3.8) is 0 Å². The summed E-state index contributed by atoms with van der Waals surface area (Å²) in [6, 6.07) is 9.03. The van der Waals surface area contributed by atoms with Gasteiger partial charge in [0.15, 0.2) is 0 Å². The van der Waals surface area contributed by atoms with Gasteiger partial charge in [0.2, 0.25) is 11.8 Å². The minimum absolute atomic E-state index is 0.0734. The molecule has 1 aliphatic rings. The smallest absolute Gasteiger partial charge is 0.421 e. The van der Waals surface area contributed by atoms with Crippen LogP contribution in [0.15, 0.2) is 53.7 Å². The van der Waals surface area contributed by atoms with E-state index in [0.717, 1.165) is 6.07 Å². The van der Waals surface area contributed by atoms with Crippen LogP contribution in [0.3, 0.4) is 0 Å². The van der Waals surface area contributed by atoms with Gasteiger partial charge < -0.3 is 9.64 Å². The molecular weight excluding hydrogens is 401 g/mol. The molecule has 3 heterocycles. The SMILES string of the molecule is O=C(CCn1cnc2ccccc2c1=O)N1CC(Oc2ncccc2C(F)(F)F)C1. The van der Waals surface area contributed by atoms with Gasteiger partial charge >= 0.3 is 6.18 Å². The number of hydrogen-bond donors (Lipinski definition) is 0. The Hall–Kier alpha value is -3.43. The molecule has 30 heavy (non-hydrogen) atoms. The second-order valence-corrected chi connectivity index (χ2v) is 6.90. The maximum Gasteiger partial charge on any atom is 0.421 e. The summed E-state index contributed by atoms with van der Waals surface area (Å²) in [6.07, 6.45) is -2.43. The number of pyridine rings is 1. The number of alkyl halides is 3. The Morgan fingerprint density at radius 1 is 1.13 bits per heavy atom. The Morgan fingerprint density at radius 2 is 1.90 bits per heavy atom. The maximum absolute atomic E-state index is 13.0. The largest absolute Gasteiger partial charge is 0.470 e. The minimum Gasteiger partial charge on any atom is -0.470 e. The van der Waals surface area contributed by atoms with E-state index in [-0.39, 0.29) is 37.5 Å². The number of fused-ring (bicyclic) bond motifs is 1. The third-order valence-corrected chi connectivity index (χ3v) is 4.85. The van der Waals surface area contributed by atoms with Crippen LogP contribution in [0, 0.1) is 0 Å². The predicted molar refractivity (Wildman–Crippen MR) is 101 cm³/mol. The van der Waals surface area contributed by atoms with E-state index in [0.29, 0.717) is 10.9 Å². The number of benzene rings is 1. The van der Waals surface area contributed by atoms with Crippen molar-refractivity contribution in [1.82, 2.24) is 19.4 Å². The van der Waals surface area contributed by atoms with Crippen molar-refractivity contribution < 1.29 is 22.7 Å².